The second kappa shape index (κ2) is 7.04. The highest BCUT2D eigenvalue weighted by molar-refractivity contribution is 5.99. The van der Waals surface area contributed by atoms with Crippen LogP contribution in [-0.4, -0.2) is 32.0 Å². The largest absolute Gasteiger partial charge is 0.502 e. The Morgan fingerprint density at radius 2 is 1.88 bits per heavy atom. The summed E-state index contributed by atoms with van der Waals surface area (Å²) in [6.45, 7) is 0. The highest BCUT2D eigenvalue weighted by Crippen LogP contribution is 2.34. The highest BCUT2D eigenvalue weighted by Gasteiger charge is 2.27. The van der Waals surface area contributed by atoms with Crippen LogP contribution in [0.3, 0.4) is 0 Å². The van der Waals surface area contributed by atoms with E-state index in [1.807, 2.05) is 0 Å². The molecule has 26 heavy (non-hydrogen) atoms. The lowest BCUT2D eigenvalue weighted by Crippen LogP contribution is -2.18. The SMILES string of the molecule is [2H]c1c(/C=[15N]\[15NH]C(=O)c2cc([N+](=O)[O-])cc([N+](=O)[O-])c2O)oc([N+](=O)[O-])c1[2H]. The highest BCUT2D eigenvalue weighted by atomic mass is 16.7. The molecule has 0 radical (unpaired) electrons. The number of nitrogens with zero attached hydrogens (tertiary/aromatic N) is 4. The minimum Gasteiger partial charge on any atom is -0.502 e. The van der Waals surface area contributed by atoms with E-state index < -0.39 is 67.1 Å². The molecule has 14 nitrogen and oxygen atoms in total. The zero-order valence-corrected chi connectivity index (χ0v) is 12.2. The molecule has 0 bridgehead atoms. The van der Waals surface area contributed by atoms with Crippen molar-refractivity contribution in [2.45, 2.75) is 0 Å². The summed E-state index contributed by atoms with van der Waals surface area (Å²) in [5.41, 5.74) is -1.01. The summed E-state index contributed by atoms with van der Waals surface area (Å²) in [6.07, 6.45) is 0.633. The van der Waals surface area contributed by atoms with Crippen LogP contribution in [0.15, 0.2) is 33.7 Å². The number of phenolic OH excluding ortho intramolecular Hbond substituents is 1. The molecule has 2 aromatic rings. The standard InChI is InChI=1S/C12H7N5O9/c18-11-8(3-6(15(20)21)4-9(11)16(22)23)12(19)14-13-5-7-1-2-10(26-7)17(24)25/h1-5,18H,(H,14,19)/b13-5-/i1D,2D,13+1,14+1. The first-order valence-corrected chi connectivity index (χ1v) is 6.28. The lowest BCUT2D eigenvalue weighted by Gasteiger charge is -2.03. The molecule has 0 fully saturated rings. The Morgan fingerprint density at radius 3 is 2.42 bits per heavy atom. The van der Waals surface area contributed by atoms with Gasteiger partial charge >= 0.3 is 11.6 Å². The number of aromatic hydroxyl groups is 1. The number of phenols is 1. The Bertz CT molecular complexity index is 1050. The Kier molecular flexibility index (Phi) is 4.11. The lowest BCUT2D eigenvalue weighted by molar-refractivity contribution is -0.402. The van der Waals surface area contributed by atoms with Gasteiger partial charge in [-0.3, -0.25) is 35.1 Å². The molecule has 0 aliphatic heterocycles. The molecule has 1 heterocycles. The third-order valence-corrected chi connectivity index (χ3v) is 2.74. The Morgan fingerprint density at radius 1 is 1.19 bits per heavy atom. The zero-order valence-electron chi connectivity index (χ0n) is 14.2. The molecule has 0 saturated carbocycles. The van der Waals surface area contributed by atoms with Crippen LogP contribution >= 0.6 is 0 Å². The number of carbonyl (C=O) groups excluding carboxylic acids is 1. The first-order chi connectivity index (χ1) is 13.0. The molecule has 0 aliphatic carbocycles. The van der Waals surface area contributed by atoms with Crippen molar-refractivity contribution in [2.75, 3.05) is 0 Å². The van der Waals surface area contributed by atoms with Gasteiger partial charge in [0.25, 0.3) is 11.6 Å². The predicted octanol–water partition coefficient (Wildman–Crippen LogP) is 1.47. The number of nitro groups is 3. The fraction of sp³-hybridized carbons (Fsp3) is 0. The van der Waals surface area contributed by atoms with E-state index in [0.29, 0.717) is 18.3 Å². The van der Waals surface area contributed by atoms with Crippen LogP contribution in [0.4, 0.5) is 17.3 Å². The molecule has 0 aliphatic rings. The first-order valence-electron chi connectivity index (χ1n) is 7.28. The molecule has 0 saturated heterocycles. The van der Waals surface area contributed by atoms with Crippen molar-refractivity contribution in [1.82, 2.24) is 5.43 Å². The molecular formula is C12H7N5O9. The summed E-state index contributed by atoms with van der Waals surface area (Å²) in [6, 6.07) is -0.495. The summed E-state index contributed by atoms with van der Waals surface area (Å²) in [7, 11) is 0. The molecule has 0 atom stereocenters. The van der Waals surface area contributed by atoms with Crippen LogP contribution in [0, 0.1) is 30.3 Å². The van der Waals surface area contributed by atoms with Gasteiger partial charge in [0.1, 0.15) is 4.92 Å². The van der Waals surface area contributed by atoms with E-state index in [9.17, 15) is 40.2 Å². The van der Waals surface area contributed by atoms with Crippen LogP contribution in [0.25, 0.3) is 0 Å². The van der Waals surface area contributed by atoms with Gasteiger partial charge in [0, 0.05) is 6.07 Å². The first kappa shape index (κ1) is 15.2. The maximum Gasteiger partial charge on any atom is 0.433 e. The van der Waals surface area contributed by atoms with Crippen LogP contribution in [0.5, 0.6) is 5.75 Å². The summed E-state index contributed by atoms with van der Waals surface area (Å²) in [5.74, 6) is -4.01. The molecule has 134 valence electrons. The number of hydrogen-bond donors (Lipinski definition) is 2. The maximum absolute atomic E-state index is 12.0. The molecule has 0 unspecified atom stereocenters. The molecule has 2 N–H and O–H groups in total. The van der Waals surface area contributed by atoms with E-state index in [1.165, 1.54) is 0 Å². The van der Waals surface area contributed by atoms with Gasteiger partial charge in [-0.05, 0) is 6.04 Å². The van der Waals surface area contributed by atoms with Gasteiger partial charge in [0.15, 0.2) is 5.76 Å². The van der Waals surface area contributed by atoms with Crippen molar-refractivity contribution in [3.8, 4) is 5.75 Å². The number of nitro benzene ring substituents is 2. The number of rotatable bonds is 6. The topological polar surface area (TPSA) is 204 Å². The van der Waals surface area contributed by atoms with E-state index in [0.717, 1.165) is 0 Å². The van der Waals surface area contributed by atoms with Crippen molar-refractivity contribution < 1.29 is 31.8 Å². The number of benzene rings is 1. The van der Waals surface area contributed by atoms with Crippen LogP contribution in [-0.2, 0) is 0 Å². The van der Waals surface area contributed by atoms with Crippen molar-refractivity contribution >= 4 is 29.4 Å². The second-order valence-corrected chi connectivity index (χ2v) is 4.35. The average Bonchev–Trinajstić information content (AvgIpc) is 2.90. The third kappa shape index (κ3) is 3.75. The molecule has 1 amide bonds. The quantitative estimate of drug-likeness (QED) is 0.327. The van der Waals surface area contributed by atoms with Crippen molar-refractivity contribution in [3.05, 3.63) is 65.9 Å². The third-order valence-electron chi connectivity index (χ3n) is 2.74. The fourth-order valence-electron chi connectivity index (χ4n) is 1.64. The Labute approximate surface area is 144 Å². The number of carbonyl (C=O) groups is 1. The van der Waals surface area contributed by atoms with Crippen LogP contribution in [0.1, 0.15) is 18.9 Å². The summed E-state index contributed by atoms with van der Waals surface area (Å²) < 4.78 is 19.4. The van der Waals surface area contributed by atoms with Gasteiger partial charge in [-0.15, -0.1) is 0 Å². The minimum atomic E-state index is -1.29. The number of hydrazone groups is 1. The van der Waals surface area contributed by atoms with E-state index in [4.69, 9.17) is 2.74 Å². The number of non-ortho nitro benzene ring substituents is 1. The normalized spacial score (nSPS) is 11.7. The fourth-order valence-corrected chi connectivity index (χ4v) is 1.64. The molecule has 2 rings (SSSR count). The number of nitrogens with one attached hydrogen (secondary N) is 1. The van der Waals surface area contributed by atoms with E-state index in [2.05, 4.69) is 9.52 Å². The minimum absolute atomic E-state index is 0.458. The summed E-state index contributed by atoms with van der Waals surface area (Å²) in [5, 5.41) is 45.4. The second-order valence-electron chi connectivity index (χ2n) is 4.35. The molecule has 1 aromatic heterocycles. The number of hydrogen-bond acceptors (Lipinski definition) is 10. The summed E-state index contributed by atoms with van der Waals surface area (Å²) >= 11 is 0. The number of amides is 1. The van der Waals surface area contributed by atoms with Gasteiger partial charge in [-0.1, -0.05) is 0 Å². The van der Waals surface area contributed by atoms with Gasteiger partial charge in [0.2, 0.25) is 5.75 Å². The Balaban J connectivity index is 2.32. The molecular weight excluding hydrogens is 360 g/mol. The molecule has 14 heteroatoms. The van der Waals surface area contributed by atoms with Crippen molar-refractivity contribution in [2.24, 2.45) is 5.10 Å². The molecule has 1 aromatic carbocycles. The van der Waals surface area contributed by atoms with Crippen molar-refractivity contribution in [3.63, 3.8) is 0 Å². The monoisotopic (exact) mass is 369 g/mol. The van der Waals surface area contributed by atoms with Gasteiger partial charge in [0.05, 0.1) is 36.5 Å². The lowest BCUT2D eigenvalue weighted by atomic mass is 10.1. The van der Waals surface area contributed by atoms with Crippen LogP contribution < -0.4 is 5.43 Å². The summed E-state index contributed by atoms with van der Waals surface area (Å²) in [4.78, 5) is 41.1. The van der Waals surface area contributed by atoms with Gasteiger partial charge < -0.3 is 9.52 Å². The van der Waals surface area contributed by atoms with E-state index in [1.54, 1.807) is 5.43 Å². The maximum atomic E-state index is 12.0. The Hall–Kier alpha value is -4.36. The van der Waals surface area contributed by atoms with Gasteiger partial charge in [-0.2, -0.15) is 5.10 Å². The number of furan rings is 1. The van der Waals surface area contributed by atoms with Gasteiger partial charge in [-0.25, -0.2) is 5.43 Å². The van der Waals surface area contributed by atoms with E-state index >= 15 is 0 Å². The predicted molar refractivity (Wildman–Crippen MR) is 81.8 cm³/mol. The zero-order chi connectivity index (χ0) is 21.2. The average molecular weight is 369 g/mol. The van der Waals surface area contributed by atoms with E-state index in [-0.39, 0.29) is 0 Å². The van der Waals surface area contributed by atoms with Crippen LogP contribution in [0.2, 0.25) is 0 Å². The molecule has 0 spiro atoms. The smallest absolute Gasteiger partial charge is 0.433 e. The van der Waals surface area contributed by atoms with Crippen molar-refractivity contribution in [1.29, 1.82) is 0 Å².